The van der Waals surface area contributed by atoms with E-state index in [2.05, 4.69) is 14.9 Å². The molecule has 2 N–H and O–H groups in total. The molecule has 3 heterocycles. The van der Waals surface area contributed by atoms with Gasteiger partial charge < -0.3 is 20.0 Å². The first-order chi connectivity index (χ1) is 17.1. The Morgan fingerprint density at radius 2 is 1.78 bits per heavy atom. The second-order valence-electron chi connectivity index (χ2n) is 9.79. The van der Waals surface area contributed by atoms with E-state index in [4.69, 9.17) is 11.6 Å². The summed E-state index contributed by atoms with van der Waals surface area (Å²) in [4.78, 5) is 43.2. The molecule has 0 aliphatic carbocycles. The van der Waals surface area contributed by atoms with Crippen molar-refractivity contribution in [3.63, 3.8) is 0 Å². The maximum atomic E-state index is 13.1. The second kappa shape index (κ2) is 11.5. The number of carbonyl (C=O) groups excluding carboxylic acids is 3. The van der Waals surface area contributed by atoms with Crippen LogP contribution >= 0.6 is 11.6 Å². The first-order valence-corrected chi connectivity index (χ1v) is 14.4. The summed E-state index contributed by atoms with van der Waals surface area (Å²) in [5.74, 6) is -0.798. The molecule has 0 saturated carbocycles. The molecule has 4 rings (SSSR count). The number of likely N-dealkylation sites (tertiary alicyclic amines) is 3. The van der Waals surface area contributed by atoms with Crippen molar-refractivity contribution < 1.29 is 22.8 Å². The highest BCUT2D eigenvalue weighted by atomic mass is 35.5. The molecule has 12 heteroatoms. The van der Waals surface area contributed by atoms with Crippen LogP contribution in [0.5, 0.6) is 0 Å². The zero-order chi connectivity index (χ0) is 25.9. The van der Waals surface area contributed by atoms with Crippen LogP contribution in [0.4, 0.5) is 5.69 Å². The molecule has 3 fully saturated rings. The van der Waals surface area contributed by atoms with Crippen LogP contribution in [0.1, 0.15) is 45.4 Å². The number of amides is 3. The molecule has 0 radical (unpaired) electrons. The molecule has 0 unspecified atom stereocenters. The summed E-state index contributed by atoms with van der Waals surface area (Å²) < 4.78 is 28.4. The van der Waals surface area contributed by atoms with Crippen LogP contribution < -0.4 is 10.0 Å². The number of nitrogens with zero attached hydrogens (tertiary/aromatic N) is 3. The van der Waals surface area contributed by atoms with Crippen LogP contribution in [0.3, 0.4) is 0 Å². The summed E-state index contributed by atoms with van der Waals surface area (Å²) in [6, 6.07) is 3.18. The summed E-state index contributed by atoms with van der Waals surface area (Å²) in [5.41, 5.74) is 0.298. The predicted octanol–water partition coefficient (Wildman–Crippen LogP) is 1.65. The Morgan fingerprint density at radius 3 is 2.47 bits per heavy atom. The molecule has 2 atom stereocenters. The van der Waals surface area contributed by atoms with Crippen molar-refractivity contribution in [2.24, 2.45) is 0 Å². The largest absolute Gasteiger partial charge is 0.337 e. The third-order valence-electron chi connectivity index (χ3n) is 7.08. The van der Waals surface area contributed by atoms with Crippen LogP contribution in [0.25, 0.3) is 0 Å². The van der Waals surface area contributed by atoms with E-state index in [0.29, 0.717) is 31.6 Å². The van der Waals surface area contributed by atoms with Crippen molar-refractivity contribution in [1.82, 2.24) is 19.4 Å². The van der Waals surface area contributed by atoms with Crippen LogP contribution in [-0.2, 0) is 24.4 Å². The number of hydrogen-bond donors (Lipinski definition) is 2. The van der Waals surface area contributed by atoms with Crippen LogP contribution in [0, 0.1) is 0 Å². The van der Waals surface area contributed by atoms with Gasteiger partial charge in [-0.15, -0.1) is 0 Å². The average Bonchev–Trinajstić information content (AvgIpc) is 3.50. The maximum absolute atomic E-state index is 13.1. The minimum absolute atomic E-state index is 0.0369. The summed E-state index contributed by atoms with van der Waals surface area (Å²) in [6.07, 6.45) is 5.27. The van der Waals surface area contributed by atoms with E-state index in [1.54, 1.807) is 0 Å². The number of halogens is 1. The van der Waals surface area contributed by atoms with Crippen LogP contribution in [0.15, 0.2) is 23.1 Å². The maximum Gasteiger partial charge on any atom is 0.242 e. The SMILES string of the molecule is CC(=O)Nc1ccc(S(=O)(=O)N[C@H]2CCCN(CC(=O)N3CCC[C@H]3CN3CCCC3)C2=O)cc1Cl. The van der Waals surface area contributed by atoms with Gasteiger partial charge in [0.25, 0.3) is 0 Å². The van der Waals surface area contributed by atoms with Crippen molar-refractivity contribution in [2.45, 2.75) is 62.4 Å². The second-order valence-corrected chi connectivity index (χ2v) is 11.9. The summed E-state index contributed by atoms with van der Waals surface area (Å²) in [6.45, 7) is 5.44. The van der Waals surface area contributed by atoms with Gasteiger partial charge in [-0.2, -0.15) is 4.72 Å². The number of sulfonamides is 1. The summed E-state index contributed by atoms with van der Waals surface area (Å²) >= 11 is 6.13. The summed E-state index contributed by atoms with van der Waals surface area (Å²) in [7, 11) is -4.05. The van der Waals surface area contributed by atoms with Gasteiger partial charge >= 0.3 is 0 Å². The van der Waals surface area contributed by atoms with E-state index >= 15 is 0 Å². The number of piperidine rings is 1. The number of rotatable bonds is 8. The molecule has 1 aromatic carbocycles. The number of carbonyl (C=O) groups is 3. The Kier molecular flexibility index (Phi) is 8.54. The quantitative estimate of drug-likeness (QED) is 0.518. The topological polar surface area (TPSA) is 119 Å². The van der Waals surface area contributed by atoms with Crippen molar-refractivity contribution in [3.8, 4) is 0 Å². The van der Waals surface area contributed by atoms with Gasteiger partial charge in [0.2, 0.25) is 27.7 Å². The molecular formula is C24H34ClN5O5S. The fourth-order valence-electron chi connectivity index (χ4n) is 5.29. The van der Waals surface area contributed by atoms with E-state index < -0.39 is 22.0 Å². The van der Waals surface area contributed by atoms with Crippen molar-refractivity contribution >= 4 is 45.0 Å². The Labute approximate surface area is 217 Å². The van der Waals surface area contributed by atoms with E-state index in [9.17, 15) is 22.8 Å². The van der Waals surface area contributed by atoms with Crippen LogP contribution in [0.2, 0.25) is 5.02 Å². The van der Waals surface area contributed by atoms with Crippen molar-refractivity contribution in [2.75, 3.05) is 44.6 Å². The first kappa shape index (κ1) is 26.8. The molecule has 0 bridgehead atoms. The van der Waals surface area contributed by atoms with E-state index in [0.717, 1.165) is 32.5 Å². The van der Waals surface area contributed by atoms with Gasteiger partial charge in [-0.25, -0.2) is 8.42 Å². The van der Waals surface area contributed by atoms with Gasteiger partial charge in [0.15, 0.2) is 0 Å². The van der Waals surface area contributed by atoms with E-state index in [1.807, 2.05) is 4.90 Å². The molecule has 3 saturated heterocycles. The van der Waals surface area contributed by atoms with E-state index in [1.165, 1.54) is 42.9 Å². The lowest BCUT2D eigenvalue weighted by atomic mass is 10.1. The third-order valence-corrected chi connectivity index (χ3v) is 8.86. The number of nitrogens with one attached hydrogen (secondary N) is 2. The minimum Gasteiger partial charge on any atom is -0.337 e. The van der Waals surface area contributed by atoms with Crippen LogP contribution in [-0.4, -0.2) is 92.2 Å². The zero-order valence-electron chi connectivity index (χ0n) is 20.5. The lowest BCUT2D eigenvalue weighted by molar-refractivity contribution is -0.143. The molecular weight excluding hydrogens is 506 g/mol. The zero-order valence-corrected chi connectivity index (χ0v) is 22.1. The molecule has 10 nitrogen and oxygen atoms in total. The van der Waals surface area contributed by atoms with Gasteiger partial charge in [0, 0.05) is 32.6 Å². The molecule has 3 amide bonds. The highest BCUT2D eigenvalue weighted by molar-refractivity contribution is 7.89. The molecule has 1 aromatic rings. The number of hydrogen-bond acceptors (Lipinski definition) is 6. The molecule has 3 aliphatic heterocycles. The minimum atomic E-state index is -4.05. The van der Waals surface area contributed by atoms with Gasteiger partial charge in [0.1, 0.15) is 6.04 Å². The Balaban J connectivity index is 1.37. The Morgan fingerprint density at radius 1 is 1.06 bits per heavy atom. The average molecular weight is 540 g/mol. The lowest BCUT2D eigenvalue weighted by Crippen LogP contribution is -2.55. The molecule has 3 aliphatic rings. The smallest absolute Gasteiger partial charge is 0.242 e. The monoisotopic (exact) mass is 539 g/mol. The molecule has 0 aromatic heterocycles. The van der Waals surface area contributed by atoms with Gasteiger partial charge in [0.05, 0.1) is 22.2 Å². The molecule has 36 heavy (non-hydrogen) atoms. The van der Waals surface area contributed by atoms with Gasteiger partial charge in [-0.05, 0) is 69.8 Å². The van der Waals surface area contributed by atoms with Gasteiger partial charge in [-0.1, -0.05) is 11.6 Å². The third kappa shape index (κ3) is 6.37. The summed E-state index contributed by atoms with van der Waals surface area (Å²) in [5, 5.41) is 2.60. The van der Waals surface area contributed by atoms with Crippen molar-refractivity contribution in [3.05, 3.63) is 23.2 Å². The fourth-order valence-corrected chi connectivity index (χ4v) is 6.83. The number of benzene rings is 1. The molecule has 0 spiro atoms. The fraction of sp³-hybridized carbons (Fsp3) is 0.625. The first-order valence-electron chi connectivity index (χ1n) is 12.5. The lowest BCUT2D eigenvalue weighted by Gasteiger charge is -2.34. The Bertz CT molecular complexity index is 1110. The Hall–Kier alpha value is -2.21. The highest BCUT2D eigenvalue weighted by Gasteiger charge is 2.36. The normalized spacial score (nSPS) is 23.3. The van der Waals surface area contributed by atoms with Crippen molar-refractivity contribution in [1.29, 1.82) is 0 Å². The molecule has 198 valence electrons. The van der Waals surface area contributed by atoms with Gasteiger partial charge in [-0.3, -0.25) is 14.4 Å². The predicted molar refractivity (Wildman–Crippen MR) is 136 cm³/mol. The highest BCUT2D eigenvalue weighted by Crippen LogP contribution is 2.26. The van der Waals surface area contributed by atoms with E-state index in [-0.39, 0.29) is 34.3 Å². The number of anilines is 1. The standard InChI is InChI=1S/C24H34ClN5O5S/c1-17(31)26-21-9-8-19(14-20(21)25)36(34,35)27-22-7-5-12-29(24(22)33)16-23(32)30-13-4-6-18(30)15-28-10-2-3-11-28/h8-9,14,18,22,27H,2-7,10-13,15-16H2,1H3,(H,26,31)/t18-,22-/m0/s1.